The largest absolute Gasteiger partial charge is 0.465 e. The van der Waals surface area contributed by atoms with E-state index in [0.29, 0.717) is 10.9 Å². The molecule has 0 aliphatic carbocycles. The van der Waals surface area contributed by atoms with Gasteiger partial charge in [-0.3, -0.25) is 0 Å². The standard InChI is InChI=1S/C17H18F2N4O2/c1-8-9(2)21-15-10(5-20)3-13(19)16(14(8)15)23-6-11(18)4-12(7-23)22-17(24)25/h3,11-12,21-22H,4,6-7H2,1-2H3,(H,24,25)/t11-,12+/m1/s1. The number of carbonyl (C=O) groups is 1. The summed E-state index contributed by atoms with van der Waals surface area (Å²) in [5.74, 6) is -0.616. The normalized spacial score (nSPS) is 20.5. The van der Waals surface area contributed by atoms with E-state index in [9.17, 15) is 18.8 Å². The fraction of sp³-hybridized carbons (Fsp3) is 0.412. The Balaban J connectivity index is 2.13. The van der Waals surface area contributed by atoms with Crippen LogP contribution in [-0.2, 0) is 0 Å². The van der Waals surface area contributed by atoms with Crippen molar-refractivity contribution in [2.75, 3.05) is 18.0 Å². The van der Waals surface area contributed by atoms with Gasteiger partial charge >= 0.3 is 6.09 Å². The number of aromatic amines is 1. The topological polar surface area (TPSA) is 92.2 Å². The SMILES string of the molecule is Cc1[nH]c2c(C#N)cc(F)c(N3C[C@H](F)C[C@H](NC(=O)O)C3)c2c1C. The van der Waals surface area contributed by atoms with E-state index in [1.54, 1.807) is 0 Å². The highest BCUT2D eigenvalue weighted by molar-refractivity contribution is 5.99. The van der Waals surface area contributed by atoms with Crippen LogP contribution in [0.2, 0.25) is 0 Å². The Hall–Kier alpha value is -2.82. The lowest BCUT2D eigenvalue weighted by molar-refractivity contribution is 0.181. The minimum Gasteiger partial charge on any atom is -0.465 e. The molecular weight excluding hydrogens is 330 g/mol. The molecule has 1 aromatic carbocycles. The van der Waals surface area contributed by atoms with Crippen molar-refractivity contribution in [3.63, 3.8) is 0 Å². The van der Waals surface area contributed by atoms with Crippen molar-refractivity contribution >= 4 is 22.7 Å². The van der Waals surface area contributed by atoms with Gasteiger partial charge in [0.05, 0.1) is 22.8 Å². The van der Waals surface area contributed by atoms with Gasteiger partial charge in [-0.25, -0.2) is 13.6 Å². The van der Waals surface area contributed by atoms with E-state index in [4.69, 9.17) is 5.11 Å². The van der Waals surface area contributed by atoms with Crippen LogP contribution in [0.1, 0.15) is 23.2 Å². The predicted octanol–water partition coefficient (Wildman–Crippen LogP) is 2.98. The van der Waals surface area contributed by atoms with Gasteiger partial charge < -0.3 is 20.3 Å². The monoisotopic (exact) mass is 348 g/mol. The predicted molar refractivity (Wildman–Crippen MR) is 89.1 cm³/mol. The number of nitrogens with one attached hydrogen (secondary N) is 2. The highest BCUT2D eigenvalue weighted by atomic mass is 19.1. The van der Waals surface area contributed by atoms with E-state index >= 15 is 0 Å². The molecule has 8 heteroatoms. The number of aromatic nitrogens is 1. The molecule has 1 aliphatic rings. The van der Waals surface area contributed by atoms with Crippen LogP contribution in [0.5, 0.6) is 0 Å². The van der Waals surface area contributed by atoms with Crippen LogP contribution >= 0.6 is 0 Å². The Bertz CT molecular complexity index is 887. The zero-order valence-electron chi connectivity index (χ0n) is 13.9. The number of rotatable bonds is 2. The molecule has 2 aromatic rings. The lowest BCUT2D eigenvalue weighted by Gasteiger charge is -2.36. The van der Waals surface area contributed by atoms with Gasteiger partial charge in [-0.2, -0.15) is 5.26 Å². The Morgan fingerprint density at radius 1 is 1.48 bits per heavy atom. The summed E-state index contributed by atoms with van der Waals surface area (Å²) in [4.78, 5) is 15.5. The molecule has 3 rings (SSSR count). The lowest BCUT2D eigenvalue weighted by Crippen LogP contribution is -2.51. The molecule has 1 aliphatic heterocycles. The fourth-order valence-corrected chi connectivity index (χ4v) is 3.50. The van der Waals surface area contributed by atoms with E-state index in [1.807, 2.05) is 19.9 Å². The molecule has 132 valence electrons. The van der Waals surface area contributed by atoms with Gasteiger partial charge in [0.2, 0.25) is 0 Å². The van der Waals surface area contributed by atoms with Gasteiger partial charge in [-0.1, -0.05) is 0 Å². The number of piperidine rings is 1. The summed E-state index contributed by atoms with van der Waals surface area (Å²) in [6.07, 6.45) is -2.47. The van der Waals surface area contributed by atoms with Crippen molar-refractivity contribution in [1.82, 2.24) is 10.3 Å². The van der Waals surface area contributed by atoms with Crippen molar-refractivity contribution in [3.05, 3.63) is 28.7 Å². The summed E-state index contributed by atoms with van der Waals surface area (Å²) in [7, 11) is 0. The second kappa shape index (κ2) is 6.24. The summed E-state index contributed by atoms with van der Waals surface area (Å²) in [6.45, 7) is 3.76. The molecule has 0 spiro atoms. The van der Waals surface area contributed by atoms with Gasteiger partial charge in [0.1, 0.15) is 18.1 Å². The van der Waals surface area contributed by atoms with Crippen LogP contribution in [0.4, 0.5) is 19.3 Å². The summed E-state index contributed by atoms with van der Waals surface area (Å²) in [5.41, 5.74) is 2.48. The molecule has 1 amide bonds. The molecule has 1 aromatic heterocycles. The minimum atomic E-state index is -1.28. The number of anilines is 1. The Kier molecular flexibility index (Phi) is 4.25. The maximum absolute atomic E-state index is 14.8. The van der Waals surface area contributed by atoms with E-state index in [1.165, 1.54) is 4.90 Å². The first-order valence-electron chi connectivity index (χ1n) is 7.91. The van der Waals surface area contributed by atoms with Crippen LogP contribution in [0, 0.1) is 31.0 Å². The number of hydrogen-bond acceptors (Lipinski definition) is 3. The van der Waals surface area contributed by atoms with Crippen LogP contribution in [0.25, 0.3) is 10.9 Å². The number of alkyl halides is 1. The highest BCUT2D eigenvalue weighted by Gasteiger charge is 2.31. The first kappa shape index (κ1) is 17.0. The lowest BCUT2D eigenvalue weighted by atomic mass is 10.00. The number of hydrogen-bond donors (Lipinski definition) is 3. The van der Waals surface area contributed by atoms with Gasteiger partial charge in [0, 0.05) is 30.6 Å². The molecule has 0 radical (unpaired) electrons. The highest BCUT2D eigenvalue weighted by Crippen LogP contribution is 2.37. The second-order valence-electron chi connectivity index (χ2n) is 6.38. The average molecular weight is 348 g/mol. The molecule has 3 N–H and O–H groups in total. The quantitative estimate of drug-likeness (QED) is 0.778. The van der Waals surface area contributed by atoms with E-state index in [-0.39, 0.29) is 30.8 Å². The van der Waals surface area contributed by atoms with E-state index < -0.39 is 24.1 Å². The summed E-state index contributed by atoms with van der Waals surface area (Å²) < 4.78 is 28.9. The third kappa shape index (κ3) is 2.97. The number of fused-ring (bicyclic) bond motifs is 1. The summed E-state index contributed by atoms with van der Waals surface area (Å²) in [6, 6.07) is 2.47. The number of carboxylic acid groups (broad SMARTS) is 1. The third-order valence-electron chi connectivity index (χ3n) is 4.67. The Morgan fingerprint density at radius 3 is 2.84 bits per heavy atom. The maximum Gasteiger partial charge on any atom is 0.404 e. The van der Waals surface area contributed by atoms with Crippen molar-refractivity contribution < 1.29 is 18.7 Å². The molecule has 2 atom stereocenters. The molecule has 2 heterocycles. The number of benzene rings is 1. The number of nitrogens with zero attached hydrogens (tertiary/aromatic N) is 2. The van der Waals surface area contributed by atoms with Gasteiger partial charge in [-0.05, 0) is 25.5 Å². The first-order chi connectivity index (χ1) is 11.8. The molecule has 0 unspecified atom stereocenters. The van der Waals surface area contributed by atoms with E-state index in [0.717, 1.165) is 17.3 Å². The molecular formula is C17H18F2N4O2. The zero-order valence-corrected chi connectivity index (χ0v) is 13.9. The van der Waals surface area contributed by atoms with Gasteiger partial charge in [0.15, 0.2) is 0 Å². The van der Waals surface area contributed by atoms with Crippen LogP contribution in [0.3, 0.4) is 0 Å². The average Bonchev–Trinajstić information content (AvgIpc) is 2.81. The zero-order chi connectivity index (χ0) is 18.3. The number of amides is 1. The number of halogens is 2. The molecule has 25 heavy (non-hydrogen) atoms. The van der Waals surface area contributed by atoms with Crippen LogP contribution in [-0.4, -0.2) is 41.5 Å². The van der Waals surface area contributed by atoms with E-state index in [2.05, 4.69) is 10.3 Å². The molecule has 1 saturated heterocycles. The number of aryl methyl sites for hydroxylation is 2. The minimum absolute atomic E-state index is 0.0284. The van der Waals surface area contributed by atoms with Gasteiger partial charge in [0.25, 0.3) is 0 Å². The third-order valence-corrected chi connectivity index (χ3v) is 4.67. The van der Waals surface area contributed by atoms with Crippen molar-refractivity contribution in [1.29, 1.82) is 5.26 Å². The Morgan fingerprint density at radius 2 is 2.20 bits per heavy atom. The summed E-state index contributed by atoms with van der Waals surface area (Å²) in [5, 5.41) is 21.0. The van der Waals surface area contributed by atoms with Gasteiger partial charge in [-0.15, -0.1) is 0 Å². The molecule has 1 fully saturated rings. The molecule has 0 saturated carbocycles. The smallest absolute Gasteiger partial charge is 0.404 e. The number of H-pyrrole nitrogens is 1. The van der Waals surface area contributed by atoms with Crippen molar-refractivity contribution in [3.8, 4) is 6.07 Å². The maximum atomic E-state index is 14.8. The number of nitriles is 1. The molecule has 0 bridgehead atoms. The van der Waals surface area contributed by atoms with Crippen LogP contribution in [0.15, 0.2) is 6.07 Å². The Labute approximate surface area is 143 Å². The van der Waals surface area contributed by atoms with Crippen molar-refractivity contribution in [2.24, 2.45) is 0 Å². The fourth-order valence-electron chi connectivity index (χ4n) is 3.50. The molecule has 6 nitrogen and oxygen atoms in total. The van der Waals surface area contributed by atoms with Crippen LogP contribution < -0.4 is 10.2 Å². The first-order valence-corrected chi connectivity index (χ1v) is 7.91. The second-order valence-corrected chi connectivity index (χ2v) is 6.38. The summed E-state index contributed by atoms with van der Waals surface area (Å²) >= 11 is 0. The van der Waals surface area contributed by atoms with Crippen molar-refractivity contribution in [2.45, 2.75) is 32.5 Å².